The Bertz CT molecular complexity index is 913. The molecular formula is C21H23N5O2. The monoisotopic (exact) mass is 377 g/mol. The van der Waals surface area contributed by atoms with Gasteiger partial charge in [-0.3, -0.25) is 14.7 Å². The van der Waals surface area contributed by atoms with Crippen molar-refractivity contribution in [2.24, 2.45) is 0 Å². The van der Waals surface area contributed by atoms with Gasteiger partial charge in [0.15, 0.2) is 0 Å². The highest BCUT2D eigenvalue weighted by molar-refractivity contribution is 5.78. The Hall–Kier alpha value is -3.06. The van der Waals surface area contributed by atoms with Crippen LogP contribution in [0.25, 0.3) is 11.5 Å². The summed E-state index contributed by atoms with van der Waals surface area (Å²) in [5.41, 5.74) is 1.99. The van der Waals surface area contributed by atoms with Crippen LogP contribution in [-0.4, -0.2) is 57.5 Å². The van der Waals surface area contributed by atoms with E-state index in [9.17, 15) is 4.79 Å². The molecule has 0 N–H and O–H groups in total. The molecule has 1 saturated heterocycles. The van der Waals surface area contributed by atoms with Gasteiger partial charge < -0.3 is 9.42 Å². The Balaban J connectivity index is 1.30. The molecule has 1 aliphatic heterocycles. The number of likely N-dealkylation sites (tertiary alicyclic amines) is 1. The molecule has 0 saturated carbocycles. The highest BCUT2D eigenvalue weighted by Crippen LogP contribution is 2.26. The van der Waals surface area contributed by atoms with E-state index in [0.29, 0.717) is 29.9 Å². The van der Waals surface area contributed by atoms with Crippen LogP contribution >= 0.6 is 0 Å². The molecule has 1 amide bonds. The van der Waals surface area contributed by atoms with E-state index in [1.165, 1.54) is 5.56 Å². The summed E-state index contributed by atoms with van der Waals surface area (Å²) in [6.45, 7) is 2.53. The van der Waals surface area contributed by atoms with Gasteiger partial charge in [-0.05, 0) is 36.6 Å². The number of hydrogen-bond donors (Lipinski definition) is 0. The van der Waals surface area contributed by atoms with E-state index >= 15 is 0 Å². The summed E-state index contributed by atoms with van der Waals surface area (Å²) in [6.07, 6.45) is 2.76. The van der Waals surface area contributed by atoms with Crippen molar-refractivity contribution in [3.63, 3.8) is 0 Å². The zero-order valence-corrected chi connectivity index (χ0v) is 15.9. The minimum atomic E-state index is 0.0475. The Kier molecular flexibility index (Phi) is 5.43. The summed E-state index contributed by atoms with van der Waals surface area (Å²) in [4.78, 5) is 25.0. The minimum Gasteiger partial charge on any atom is -0.337 e. The van der Waals surface area contributed by atoms with Crippen LogP contribution < -0.4 is 0 Å². The Morgan fingerprint density at radius 2 is 2.04 bits per heavy atom. The molecule has 0 aliphatic carbocycles. The number of amides is 1. The van der Waals surface area contributed by atoms with E-state index in [0.717, 1.165) is 19.5 Å². The van der Waals surface area contributed by atoms with Gasteiger partial charge in [-0.15, -0.1) is 0 Å². The predicted octanol–water partition coefficient (Wildman–Crippen LogP) is 2.58. The third-order valence-electron chi connectivity index (χ3n) is 5.06. The Morgan fingerprint density at radius 1 is 1.21 bits per heavy atom. The summed E-state index contributed by atoms with van der Waals surface area (Å²) < 4.78 is 5.28. The zero-order valence-electron chi connectivity index (χ0n) is 15.9. The van der Waals surface area contributed by atoms with Crippen molar-refractivity contribution >= 4 is 5.91 Å². The van der Waals surface area contributed by atoms with Gasteiger partial charge in [-0.25, -0.2) is 0 Å². The molecule has 0 unspecified atom stereocenters. The second-order valence-corrected chi connectivity index (χ2v) is 7.11. The van der Waals surface area contributed by atoms with Crippen LogP contribution in [-0.2, 0) is 11.3 Å². The molecule has 144 valence electrons. The molecule has 4 rings (SSSR count). The number of nitrogens with zero attached hydrogens (tertiary/aromatic N) is 5. The molecule has 1 fully saturated rings. The SMILES string of the molecule is CN(Cc1nc(-c2ccccn2)no1)C(=O)CN1CC[C@H](c2ccccc2)C1. The number of benzene rings is 1. The van der Waals surface area contributed by atoms with Crippen LogP contribution in [0.5, 0.6) is 0 Å². The normalized spacial score (nSPS) is 17.0. The van der Waals surface area contributed by atoms with Crippen molar-refractivity contribution in [3.05, 3.63) is 66.2 Å². The van der Waals surface area contributed by atoms with Gasteiger partial charge in [0.25, 0.3) is 0 Å². The molecule has 1 aromatic carbocycles. The average molecular weight is 377 g/mol. The van der Waals surface area contributed by atoms with Gasteiger partial charge in [0, 0.05) is 19.8 Å². The largest absolute Gasteiger partial charge is 0.337 e. The Labute approximate surface area is 164 Å². The van der Waals surface area contributed by atoms with E-state index in [2.05, 4.69) is 44.3 Å². The Morgan fingerprint density at radius 3 is 2.82 bits per heavy atom. The van der Waals surface area contributed by atoms with Crippen LogP contribution in [0.3, 0.4) is 0 Å². The maximum atomic E-state index is 12.6. The van der Waals surface area contributed by atoms with Gasteiger partial charge in [0.2, 0.25) is 17.6 Å². The summed E-state index contributed by atoms with van der Waals surface area (Å²) in [7, 11) is 1.76. The first-order valence-electron chi connectivity index (χ1n) is 9.44. The molecule has 1 atom stereocenters. The van der Waals surface area contributed by atoms with Crippen LogP contribution in [0.4, 0.5) is 0 Å². The maximum Gasteiger partial charge on any atom is 0.246 e. The summed E-state index contributed by atoms with van der Waals surface area (Å²) in [5, 5.41) is 3.95. The summed E-state index contributed by atoms with van der Waals surface area (Å²) in [6, 6.07) is 16.0. The molecule has 3 heterocycles. The lowest BCUT2D eigenvalue weighted by Gasteiger charge is -2.20. The maximum absolute atomic E-state index is 12.6. The lowest BCUT2D eigenvalue weighted by Crippen LogP contribution is -2.37. The average Bonchev–Trinajstić information content (AvgIpc) is 3.39. The van der Waals surface area contributed by atoms with Crippen LogP contribution in [0.2, 0.25) is 0 Å². The van der Waals surface area contributed by atoms with Crippen LogP contribution in [0, 0.1) is 0 Å². The lowest BCUT2D eigenvalue weighted by molar-refractivity contribution is -0.131. The van der Waals surface area contributed by atoms with E-state index < -0.39 is 0 Å². The molecule has 0 radical (unpaired) electrons. The third-order valence-corrected chi connectivity index (χ3v) is 5.06. The molecule has 7 nitrogen and oxygen atoms in total. The van der Waals surface area contributed by atoms with Crippen molar-refractivity contribution in [1.29, 1.82) is 0 Å². The van der Waals surface area contributed by atoms with Gasteiger partial charge in [0.1, 0.15) is 5.69 Å². The fourth-order valence-corrected chi connectivity index (χ4v) is 3.49. The molecule has 28 heavy (non-hydrogen) atoms. The molecule has 2 aromatic heterocycles. The first-order chi connectivity index (χ1) is 13.7. The molecule has 3 aromatic rings. The second kappa shape index (κ2) is 8.31. The molecule has 1 aliphatic rings. The highest BCUT2D eigenvalue weighted by atomic mass is 16.5. The second-order valence-electron chi connectivity index (χ2n) is 7.11. The summed E-state index contributed by atoms with van der Waals surface area (Å²) in [5.74, 6) is 1.38. The topological polar surface area (TPSA) is 75.4 Å². The van der Waals surface area contributed by atoms with Crippen molar-refractivity contribution in [2.45, 2.75) is 18.9 Å². The number of carbonyl (C=O) groups excluding carboxylic acids is 1. The third kappa shape index (κ3) is 4.26. The van der Waals surface area contributed by atoms with E-state index in [1.807, 2.05) is 24.3 Å². The number of carbonyl (C=O) groups is 1. The first kappa shape index (κ1) is 18.3. The molecule has 7 heteroatoms. The van der Waals surface area contributed by atoms with E-state index in [1.54, 1.807) is 18.1 Å². The summed E-state index contributed by atoms with van der Waals surface area (Å²) >= 11 is 0. The van der Waals surface area contributed by atoms with Crippen molar-refractivity contribution in [1.82, 2.24) is 24.9 Å². The molecular weight excluding hydrogens is 354 g/mol. The number of hydrogen-bond acceptors (Lipinski definition) is 6. The van der Waals surface area contributed by atoms with E-state index in [-0.39, 0.29) is 12.5 Å². The number of rotatable bonds is 6. The minimum absolute atomic E-state index is 0.0475. The fraction of sp³-hybridized carbons (Fsp3) is 0.333. The van der Waals surface area contributed by atoms with Crippen molar-refractivity contribution in [2.75, 3.05) is 26.7 Å². The van der Waals surface area contributed by atoms with Crippen molar-refractivity contribution in [3.8, 4) is 11.5 Å². The van der Waals surface area contributed by atoms with Crippen LogP contribution in [0.1, 0.15) is 23.8 Å². The van der Waals surface area contributed by atoms with Gasteiger partial charge in [-0.2, -0.15) is 4.98 Å². The van der Waals surface area contributed by atoms with E-state index in [4.69, 9.17) is 4.52 Å². The number of pyridine rings is 1. The predicted molar refractivity (Wildman–Crippen MR) is 104 cm³/mol. The van der Waals surface area contributed by atoms with Crippen molar-refractivity contribution < 1.29 is 9.32 Å². The van der Waals surface area contributed by atoms with Gasteiger partial charge in [0.05, 0.1) is 13.1 Å². The quantitative estimate of drug-likeness (QED) is 0.657. The molecule has 0 spiro atoms. The fourth-order valence-electron chi connectivity index (χ4n) is 3.49. The molecule has 0 bridgehead atoms. The lowest BCUT2D eigenvalue weighted by atomic mass is 9.99. The number of aromatic nitrogens is 3. The number of likely N-dealkylation sites (N-methyl/N-ethyl adjacent to an activating group) is 1. The standard InChI is InChI=1S/C21H23N5O2/c1-25(14-19-23-21(24-28-19)18-9-5-6-11-22-18)20(27)15-26-12-10-17(13-26)16-7-3-2-4-8-16/h2-9,11,17H,10,12-15H2,1H3/t17-/m0/s1. The first-order valence-corrected chi connectivity index (χ1v) is 9.44. The van der Waals surface area contributed by atoms with Crippen LogP contribution in [0.15, 0.2) is 59.3 Å². The van der Waals surface area contributed by atoms with Gasteiger partial charge in [-0.1, -0.05) is 41.6 Å². The smallest absolute Gasteiger partial charge is 0.246 e. The van der Waals surface area contributed by atoms with Gasteiger partial charge >= 0.3 is 0 Å². The zero-order chi connectivity index (χ0) is 19.3. The highest BCUT2D eigenvalue weighted by Gasteiger charge is 2.26.